The second-order valence-electron chi connectivity index (χ2n) is 7.60. The van der Waals surface area contributed by atoms with E-state index in [1.165, 1.54) is 13.3 Å². The molecule has 1 aromatic heterocycles. The fourth-order valence-electron chi connectivity index (χ4n) is 4.14. The van der Waals surface area contributed by atoms with E-state index in [4.69, 9.17) is 9.15 Å². The van der Waals surface area contributed by atoms with Crippen molar-refractivity contribution in [1.29, 1.82) is 0 Å². The molecule has 5 nitrogen and oxygen atoms in total. The van der Waals surface area contributed by atoms with E-state index >= 15 is 0 Å². The molecule has 1 fully saturated rings. The van der Waals surface area contributed by atoms with Gasteiger partial charge in [-0.05, 0) is 41.8 Å². The predicted octanol–water partition coefficient (Wildman–Crippen LogP) is 5.14. The van der Waals surface area contributed by atoms with Crippen molar-refractivity contribution in [3.8, 4) is 5.75 Å². The summed E-state index contributed by atoms with van der Waals surface area (Å²) in [6.45, 7) is 1.47. The van der Waals surface area contributed by atoms with Gasteiger partial charge in [-0.2, -0.15) is 0 Å². The van der Waals surface area contributed by atoms with Crippen molar-refractivity contribution < 1.29 is 18.7 Å². The third kappa shape index (κ3) is 4.19. The smallest absolute Gasteiger partial charge is 0.314 e. The molecule has 0 spiro atoms. The normalized spacial score (nSPS) is 15.8. The van der Waals surface area contributed by atoms with Gasteiger partial charge in [0.1, 0.15) is 17.6 Å². The number of carbonyl (C=O) groups is 2. The van der Waals surface area contributed by atoms with E-state index in [9.17, 15) is 9.59 Å². The monoisotopic (exact) mass is 391 g/mol. The Balaban J connectivity index is 1.79. The molecule has 1 aliphatic rings. The van der Waals surface area contributed by atoms with Crippen LogP contribution in [-0.4, -0.2) is 11.9 Å². The number of hydrogen-bond acceptors (Lipinski definition) is 4. The van der Waals surface area contributed by atoms with Gasteiger partial charge in [-0.1, -0.05) is 49.6 Å². The number of ether oxygens (including phenoxy) is 1. The lowest BCUT2D eigenvalue weighted by molar-refractivity contribution is -0.140. The maximum Gasteiger partial charge on any atom is 0.314 e. The van der Waals surface area contributed by atoms with Crippen LogP contribution >= 0.6 is 0 Å². The average molecular weight is 391 g/mol. The van der Waals surface area contributed by atoms with Gasteiger partial charge in [0.2, 0.25) is 5.91 Å². The Labute approximate surface area is 170 Å². The van der Waals surface area contributed by atoms with Crippen LogP contribution in [0.15, 0.2) is 59.2 Å². The number of fused-ring (bicyclic) bond motifs is 1. The summed E-state index contributed by atoms with van der Waals surface area (Å²) in [4.78, 5) is 24.8. The summed E-state index contributed by atoms with van der Waals surface area (Å²) in [6, 6.07) is 14.7. The molecule has 4 rings (SSSR count). The molecule has 1 saturated carbocycles. The number of esters is 1. The van der Waals surface area contributed by atoms with Crippen LogP contribution in [-0.2, 0) is 9.59 Å². The van der Waals surface area contributed by atoms with Crippen molar-refractivity contribution >= 4 is 22.6 Å². The molecule has 0 aliphatic heterocycles. The molecule has 150 valence electrons. The summed E-state index contributed by atoms with van der Waals surface area (Å²) in [5.41, 5.74) is 0.734. The Morgan fingerprint density at radius 1 is 1.03 bits per heavy atom. The van der Waals surface area contributed by atoms with Crippen molar-refractivity contribution in [3.63, 3.8) is 0 Å². The van der Waals surface area contributed by atoms with Crippen molar-refractivity contribution in [2.75, 3.05) is 0 Å². The first kappa shape index (κ1) is 19.2. The van der Waals surface area contributed by atoms with Gasteiger partial charge in [-0.3, -0.25) is 9.59 Å². The Morgan fingerprint density at radius 3 is 2.55 bits per heavy atom. The number of benzene rings is 2. The number of amides is 1. The fourth-order valence-corrected chi connectivity index (χ4v) is 4.14. The zero-order chi connectivity index (χ0) is 20.2. The number of rotatable bonds is 5. The van der Waals surface area contributed by atoms with Gasteiger partial charge in [-0.25, -0.2) is 0 Å². The summed E-state index contributed by atoms with van der Waals surface area (Å²) in [6.07, 6.45) is 6.61. The van der Waals surface area contributed by atoms with Gasteiger partial charge < -0.3 is 14.5 Å². The zero-order valence-electron chi connectivity index (χ0n) is 16.5. The van der Waals surface area contributed by atoms with Crippen LogP contribution in [0.4, 0.5) is 0 Å². The lowest BCUT2D eigenvalue weighted by atomic mass is 9.89. The highest BCUT2D eigenvalue weighted by atomic mass is 16.5. The zero-order valence-corrected chi connectivity index (χ0v) is 16.5. The maximum absolute atomic E-state index is 12.9. The summed E-state index contributed by atoms with van der Waals surface area (Å²) >= 11 is 0. The van der Waals surface area contributed by atoms with Gasteiger partial charge >= 0.3 is 5.97 Å². The lowest BCUT2D eigenvalue weighted by Gasteiger charge is -2.24. The summed E-state index contributed by atoms with van der Waals surface area (Å²) in [7, 11) is 0. The SMILES string of the molecule is CC(=O)NC(c1ccco1)c1c(OC(=O)C2CCCCC2)ccc2ccccc12. The molecule has 1 amide bonds. The largest absolute Gasteiger partial charge is 0.467 e. The predicted molar refractivity (Wildman–Crippen MR) is 111 cm³/mol. The molecule has 2 aromatic carbocycles. The van der Waals surface area contributed by atoms with Crippen LogP contribution in [0.1, 0.15) is 56.4 Å². The van der Waals surface area contributed by atoms with E-state index in [-0.39, 0.29) is 17.8 Å². The third-order valence-electron chi connectivity index (χ3n) is 5.54. The first-order chi connectivity index (χ1) is 14.1. The van der Waals surface area contributed by atoms with Crippen molar-refractivity contribution in [1.82, 2.24) is 5.32 Å². The van der Waals surface area contributed by atoms with Crippen LogP contribution in [0, 0.1) is 5.92 Å². The number of carbonyl (C=O) groups excluding carboxylic acids is 2. The fraction of sp³-hybridized carbons (Fsp3) is 0.333. The molecule has 29 heavy (non-hydrogen) atoms. The number of hydrogen-bond donors (Lipinski definition) is 1. The Kier molecular flexibility index (Phi) is 5.65. The third-order valence-corrected chi connectivity index (χ3v) is 5.54. The average Bonchev–Trinajstić information content (AvgIpc) is 3.27. The molecule has 5 heteroatoms. The van der Waals surface area contributed by atoms with Crippen molar-refractivity contribution in [3.05, 3.63) is 66.1 Å². The molecule has 1 heterocycles. The Hall–Kier alpha value is -3.08. The molecule has 1 aliphatic carbocycles. The van der Waals surface area contributed by atoms with E-state index < -0.39 is 6.04 Å². The van der Waals surface area contributed by atoms with E-state index in [0.29, 0.717) is 11.5 Å². The van der Waals surface area contributed by atoms with Crippen LogP contribution in [0.5, 0.6) is 5.75 Å². The van der Waals surface area contributed by atoms with Gasteiger partial charge in [0.25, 0.3) is 0 Å². The van der Waals surface area contributed by atoms with E-state index in [2.05, 4.69) is 5.32 Å². The highest BCUT2D eigenvalue weighted by molar-refractivity contribution is 5.90. The highest BCUT2D eigenvalue weighted by Crippen LogP contribution is 2.37. The maximum atomic E-state index is 12.9. The molecule has 0 bridgehead atoms. The first-order valence-corrected chi connectivity index (χ1v) is 10.2. The lowest BCUT2D eigenvalue weighted by Crippen LogP contribution is -2.28. The molecule has 1 atom stereocenters. The number of furan rings is 1. The topological polar surface area (TPSA) is 68.5 Å². The van der Waals surface area contributed by atoms with Crippen LogP contribution in [0.3, 0.4) is 0 Å². The standard InChI is InChI=1S/C24H25NO4/c1-16(26)25-23(21-12-7-15-28-21)22-19-11-6-5-8-17(19)13-14-20(22)29-24(27)18-9-3-2-4-10-18/h5-8,11-15,18,23H,2-4,9-10H2,1H3,(H,25,26). The van der Waals surface area contributed by atoms with E-state index in [0.717, 1.165) is 42.0 Å². The quantitative estimate of drug-likeness (QED) is 0.483. The molecular formula is C24H25NO4. The second kappa shape index (κ2) is 8.52. The summed E-state index contributed by atoms with van der Waals surface area (Å²) in [5.74, 6) is 0.609. The van der Waals surface area contributed by atoms with Crippen LogP contribution < -0.4 is 10.1 Å². The molecule has 1 N–H and O–H groups in total. The number of nitrogens with one attached hydrogen (secondary N) is 1. The molecule has 1 unspecified atom stereocenters. The first-order valence-electron chi connectivity index (χ1n) is 10.2. The molecule has 3 aromatic rings. The van der Waals surface area contributed by atoms with Crippen molar-refractivity contribution in [2.45, 2.75) is 45.1 Å². The minimum Gasteiger partial charge on any atom is -0.467 e. The summed E-state index contributed by atoms with van der Waals surface area (Å²) in [5, 5.41) is 4.88. The van der Waals surface area contributed by atoms with Crippen LogP contribution in [0.25, 0.3) is 10.8 Å². The van der Waals surface area contributed by atoms with Crippen LogP contribution in [0.2, 0.25) is 0 Å². The minimum atomic E-state index is -0.553. The Bertz CT molecular complexity index is 1000. The van der Waals surface area contributed by atoms with Gasteiger partial charge in [0.15, 0.2) is 0 Å². The Morgan fingerprint density at radius 2 is 1.83 bits per heavy atom. The summed E-state index contributed by atoms with van der Waals surface area (Å²) < 4.78 is 11.5. The van der Waals surface area contributed by atoms with Gasteiger partial charge in [0, 0.05) is 12.5 Å². The molecular weight excluding hydrogens is 366 g/mol. The second-order valence-corrected chi connectivity index (χ2v) is 7.60. The molecule has 0 radical (unpaired) electrons. The van der Waals surface area contributed by atoms with E-state index in [1.807, 2.05) is 42.5 Å². The highest BCUT2D eigenvalue weighted by Gasteiger charge is 2.28. The van der Waals surface area contributed by atoms with Gasteiger partial charge in [0.05, 0.1) is 12.2 Å². The van der Waals surface area contributed by atoms with Gasteiger partial charge in [-0.15, -0.1) is 0 Å². The minimum absolute atomic E-state index is 0.0640. The molecule has 0 saturated heterocycles. The van der Waals surface area contributed by atoms with Crippen molar-refractivity contribution in [2.24, 2.45) is 5.92 Å². The van der Waals surface area contributed by atoms with E-state index in [1.54, 1.807) is 12.3 Å².